The smallest absolute Gasteiger partial charge is 0.150 e. The second kappa shape index (κ2) is 3.61. The second-order valence-electron chi connectivity index (χ2n) is 3.21. The number of methoxy groups -OCH3 is 1. The van der Waals surface area contributed by atoms with E-state index in [0.29, 0.717) is 16.7 Å². The fraction of sp³-hybridized carbons (Fsp3) is 0.0833. The summed E-state index contributed by atoms with van der Waals surface area (Å²) >= 11 is 0. The number of hydrogen-bond donors (Lipinski definition) is 1. The highest BCUT2D eigenvalue weighted by Crippen LogP contribution is 2.32. The van der Waals surface area contributed by atoms with Crippen LogP contribution < -0.4 is 4.74 Å². The fourth-order valence-electron chi connectivity index (χ4n) is 1.57. The maximum Gasteiger partial charge on any atom is 0.150 e. The van der Waals surface area contributed by atoms with Crippen LogP contribution in [0.15, 0.2) is 30.3 Å². The fourth-order valence-corrected chi connectivity index (χ4v) is 1.57. The molecule has 2 rings (SSSR count). The van der Waals surface area contributed by atoms with Gasteiger partial charge in [0, 0.05) is 16.3 Å². The van der Waals surface area contributed by atoms with Gasteiger partial charge in [0.15, 0.2) is 0 Å². The lowest BCUT2D eigenvalue weighted by Gasteiger charge is -2.07. The number of aromatic hydroxyl groups is 1. The van der Waals surface area contributed by atoms with Crippen LogP contribution in [-0.2, 0) is 0 Å². The highest BCUT2D eigenvalue weighted by Gasteiger charge is 2.05. The van der Waals surface area contributed by atoms with Crippen molar-refractivity contribution in [3.8, 4) is 11.5 Å². The van der Waals surface area contributed by atoms with Crippen LogP contribution in [0.4, 0.5) is 0 Å². The third-order valence-corrected chi connectivity index (χ3v) is 2.33. The molecule has 0 unspecified atom stereocenters. The number of carbonyl (C=O) groups excluding carboxylic acids is 1. The molecule has 0 radical (unpaired) electrons. The molecule has 0 bridgehead atoms. The molecule has 0 aliphatic rings. The molecule has 0 saturated heterocycles. The Balaban J connectivity index is 2.81. The molecule has 0 amide bonds. The number of rotatable bonds is 2. The maximum atomic E-state index is 10.6. The molecule has 0 aliphatic carbocycles. The zero-order valence-electron chi connectivity index (χ0n) is 8.23. The van der Waals surface area contributed by atoms with Gasteiger partial charge in [-0.15, -0.1) is 0 Å². The van der Waals surface area contributed by atoms with Crippen molar-refractivity contribution in [1.82, 2.24) is 0 Å². The van der Waals surface area contributed by atoms with E-state index in [2.05, 4.69) is 0 Å². The topological polar surface area (TPSA) is 46.5 Å². The summed E-state index contributed by atoms with van der Waals surface area (Å²) < 4.78 is 5.16. The minimum absolute atomic E-state index is 0.148. The Labute approximate surface area is 86.9 Å². The molecule has 2 aromatic rings. The van der Waals surface area contributed by atoms with Crippen molar-refractivity contribution >= 4 is 17.1 Å². The normalized spacial score (nSPS) is 10.2. The maximum absolute atomic E-state index is 10.6. The minimum Gasteiger partial charge on any atom is -0.507 e. The van der Waals surface area contributed by atoms with Gasteiger partial charge < -0.3 is 9.84 Å². The summed E-state index contributed by atoms with van der Waals surface area (Å²) in [6.07, 6.45) is 0.748. The summed E-state index contributed by atoms with van der Waals surface area (Å²) in [6, 6.07) is 8.34. The van der Waals surface area contributed by atoms with Crippen LogP contribution >= 0.6 is 0 Å². The lowest BCUT2D eigenvalue weighted by molar-refractivity contribution is 0.112. The van der Waals surface area contributed by atoms with E-state index >= 15 is 0 Å². The van der Waals surface area contributed by atoms with Crippen molar-refractivity contribution in [1.29, 1.82) is 0 Å². The number of aldehydes is 1. The summed E-state index contributed by atoms with van der Waals surface area (Å²) in [5.74, 6) is 0.828. The van der Waals surface area contributed by atoms with Crippen LogP contribution in [0.5, 0.6) is 11.5 Å². The first-order valence-corrected chi connectivity index (χ1v) is 4.51. The Morgan fingerprint density at radius 3 is 2.67 bits per heavy atom. The number of ether oxygens (including phenoxy) is 1. The molecule has 0 heterocycles. The molecule has 76 valence electrons. The third kappa shape index (κ3) is 1.52. The van der Waals surface area contributed by atoms with E-state index < -0.39 is 0 Å². The first kappa shape index (κ1) is 9.52. The van der Waals surface area contributed by atoms with Gasteiger partial charge in [-0.05, 0) is 24.3 Å². The Morgan fingerprint density at radius 2 is 2.00 bits per heavy atom. The largest absolute Gasteiger partial charge is 0.507 e. The first-order chi connectivity index (χ1) is 7.26. The zero-order chi connectivity index (χ0) is 10.8. The zero-order valence-corrected chi connectivity index (χ0v) is 8.23. The van der Waals surface area contributed by atoms with Crippen molar-refractivity contribution in [3.63, 3.8) is 0 Å². The van der Waals surface area contributed by atoms with Crippen LogP contribution in [0.25, 0.3) is 10.8 Å². The van der Waals surface area contributed by atoms with Gasteiger partial charge in [0.1, 0.15) is 17.8 Å². The lowest BCUT2D eigenvalue weighted by Crippen LogP contribution is -1.86. The average molecular weight is 202 g/mol. The van der Waals surface area contributed by atoms with Crippen molar-refractivity contribution in [2.45, 2.75) is 0 Å². The standard InChI is InChI=1S/C12H10O3/c1-15-12-5-4-11(14)10-6-8(7-13)2-3-9(10)12/h2-7,14H,1H3. The predicted octanol–water partition coefficient (Wildman–Crippen LogP) is 2.37. The van der Waals surface area contributed by atoms with Crippen molar-refractivity contribution < 1.29 is 14.6 Å². The van der Waals surface area contributed by atoms with E-state index in [-0.39, 0.29) is 5.75 Å². The summed E-state index contributed by atoms with van der Waals surface area (Å²) in [6.45, 7) is 0. The van der Waals surface area contributed by atoms with Gasteiger partial charge in [-0.1, -0.05) is 6.07 Å². The monoisotopic (exact) mass is 202 g/mol. The van der Waals surface area contributed by atoms with Gasteiger partial charge in [0.25, 0.3) is 0 Å². The third-order valence-electron chi connectivity index (χ3n) is 2.33. The van der Waals surface area contributed by atoms with Gasteiger partial charge in [0.2, 0.25) is 0 Å². The quantitative estimate of drug-likeness (QED) is 0.760. The molecule has 1 N–H and O–H groups in total. The lowest BCUT2D eigenvalue weighted by atomic mass is 10.1. The van der Waals surface area contributed by atoms with Crippen LogP contribution in [0.1, 0.15) is 10.4 Å². The molecular weight excluding hydrogens is 192 g/mol. The van der Waals surface area contributed by atoms with Crippen LogP contribution in [0.3, 0.4) is 0 Å². The van der Waals surface area contributed by atoms with E-state index in [9.17, 15) is 9.90 Å². The molecule has 0 saturated carbocycles. The van der Waals surface area contributed by atoms with Crippen LogP contribution in [0, 0.1) is 0 Å². The molecular formula is C12H10O3. The highest BCUT2D eigenvalue weighted by molar-refractivity contribution is 5.96. The molecule has 0 aliphatic heterocycles. The molecule has 0 fully saturated rings. The molecule has 3 heteroatoms. The summed E-state index contributed by atoms with van der Waals surface area (Å²) in [5.41, 5.74) is 0.533. The van der Waals surface area contributed by atoms with Gasteiger partial charge in [-0.2, -0.15) is 0 Å². The first-order valence-electron chi connectivity index (χ1n) is 4.51. The van der Waals surface area contributed by atoms with Gasteiger partial charge in [0.05, 0.1) is 7.11 Å². The Hall–Kier alpha value is -2.03. The van der Waals surface area contributed by atoms with E-state index in [4.69, 9.17) is 4.74 Å². The number of hydrogen-bond acceptors (Lipinski definition) is 3. The molecule has 0 aromatic heterocycles. The number of phenolic OH excluding ortho intramolecular Hbond substituents is 1. The average Bonchev–Trinajstić information content (AvgIpc) is 2.29. The van der Waals surface area contributed by atoms with Gasteiger partial charge in [-0.25, -0.2) is 0 Å². The van der Waals surface area contributed by atoms with Crippen molar-refractivity contribution in [2.24, 2.45) is 0 Å². The van der Waals surface area contributed by atoms with Crippen molar-refractivity contribution in [2.75, 3.05) is 7.11 Å². The summed E-state index contributed by atoms with van der Waals surface area (Å²) in [4.78, 5) is 10.6. The van der Waals surface area contributed by atoms with E-state index in [0.717, 1.165) is 11.7 Å². The Bertz CT molecular complexity index is 518. The molecule has 0 spiro atoms. The van der Waals surface area contributed by atoms with E-state index in [1.807, 2.05) is 0 Å². The number of carbonyl (C=O) groups is 1. The van der Waals surface area contributed by atoms with Gasteiger partial charge in [-0.3, -0.25) is 4.79 Å². The SMILES string of the molecule is COc1ccc(O)c2cc(C=O)ccc12. The van der Waals surface area contributed by atoms with E-state index in [1.165, 1.54) is 0 Å². The summed E-state index contributed by atoms with van der Waals surface area (Å²) in [7, 11) is 1.57. The van der Waals surface area contributed by atoms with Crippen LogP contribution in [-0.4, -0.2) is 18.5 Å². The summed E-state index contributed by atoms with van der Waals surface area (Å²) in [5, 5.41) is 11.1. The van der Waals surface area contributed by atoms with Crippen LogP contribution in [0.2, 0.25) is 0 Å². The van der Waals surface area contributed by atoms with Crippen molar-refractivity contribution in [3.05, 3.63) is 35.9 Å². The second-order valence-corrected chi connectivity index (χ2v) is 3.21. The number of fused-ring (bicyclic) bond motifs is 1. The molecule has 2 aromatic carbocycles. The molecule has 0 atom stereocenters. The minimum atomic E-state index is 0.148. The number of phenols is 1. The predicted molar refractivity (Wildman–Crippen MR) is 57.6 cm³/mol. The Kier molecular flexibility index (Phi) is 2.29. The molecule has 3 nitrogen and oxygen atoms in total. The highest BCUT2D eigenvalue weighted by atomic mass is 16.5. The van der Waals surface area contributed by atoms with Gasteiger partial charge >= 0.3 is 0 Å². The van der Waals surface area contributed by atoms with E-state index in [1.54, 1.807) is 37.4 Å². The molecule has 15 heavy (non-hydrogen) atoms. The number of benzene rings is 2. The Morgan fingerprint density at radius 1 is 1.20 bits per heavy atom.